The number of carbonyl (C=O) groups is 2. The molecule has 1 heterocycles. The Hall–Kier alpha value is -3.24. The summed E-state index contributed by atoms with van der Waals surface area (Å²) in [5.74, 6) is -0.872. The van der Waals surface area contributed by atoms with E-state index >= 15 is 0 Å². The van der Waals surface area contributed by atoms with Gasteiger partial charge in [-0.2, -0.15) is 13.2 Å². The molecule has 35 heavy (non-hydrogen) atoms. The van der Waals surface area contributed by atoms with E-state index in [1.54, 1.807) is 30.0 Å². The first-order valence-electron chi connectivity index (χ1n) is 11.8. The summed E-state index contributed by atoms with van der Waals surface area (Å²) in [6, 6.07) is 5.98. The lowest BCUT2D eigenvalue weighted by Gasteiger charge is -2.37. The molecule has 1 aromatic heterocycles. The van der Waals surface area contributed by atoms with Gasteiger partial charge >= 0.3 is 18.2 Å². The van der Waals surface area contributed by atoms with Crippen LogP contribution in [-0.2, 0) is 4.79 Å². The Morgan fingerprint density at radius 3 is 2.51 bits per heavy atom. The monoisotopic (exact) mass is 494 g/mol. The molecule has 4 rings (SSSR count). The van der Waals surface area contributed by atoms with E-state index in [0.717, 1.165) is 37.7 Å². The van der Waals surface area contributed by atoms with Crippen molar-refractivity contribution in [2.45, 2.75) is 70.0 Å². The van der Waals surface area contributed by atoms with Gasteiger partial charge in [0.15, 0.2) is 5.82 Å². The van der Waals surface area contributed by atoms with Crippen LogP contribution in [0.4, 0.5) is 35.2 Å². The van der Waals surface area contributed by atoms with Crippen LogP contribution in [0.2, 0.25) is 0 Å². The molecule has 0 aliphatic heterocycles. The fourth-order valence-electron chi connectivity index (χ4n) is 4.81. The van der Waals surface area contributed by atoms with Crippen LogP contribution in [0.5, 0.6) is 0 Å². The molecule has 2 aromatic rings. The SMILES string of the molecule is Cc1cc(NC(=O)Nc2cc(C3C[C@@H]3C(=O)O)ccc2N(CCC(F)(F)F)C2CCCCC2)no1. The van der Waals surface area contributed by atoms with E-state index < -0.39 is 30.5 Å². The summed E-state index contributed by atoms with van der Waals surface area (Å²) in [6.07, 6.45) is -0.348. The van der Waals surface area contributed by atoms with Crippen LogP contribution in [0, 0.1) is 12.8 Å². The standard InChI is InChI=1S/C24H29F3N4O4/c1-14-11-21(30-35-14)29-23(34)28-19-12-15(17-13-18(17)22(32)33)7-8-20(19)31(10-9-24(25,26)27)16-5-3-2-4-6-16/h7-8,11-12,16-18H,2-6,9-10,13H2,1H3,(H,32,33)(H2,28,29,30,34)/t17?,18-/m0/s1. The van der Waals surface area contributed by atoms with Crippen molar-refractivity contribution < 1.29 is 32.4 Å². The van der Waals surface area contributed by atoms with E-state index in [4.69, 9.17) is 4.52 Å². The number of hydrogen-bond donors (Lipinski definition) is 3. The van der Waals surface area contributed by atoms with Gasteiger partial charge in [0.05, 0.1) is 23.7 Å². The number of halogens is 3. The molecule has 3 N–H and O–H groups in total. The van der Waals surface area contributed by atoms with Crippen molar-refractivity contribution in [3.63, 3.8) is 0 Å². The van der Waals surface area contributed by atoms with Gasteiger partial charge in [-0.1, -0.05) is 30.5 Å². The summed E-state index contributed by atoms with van der Waals surface area (Å²) in [5, 5.41) is 18.3. The predicted octanol–water partition coefficient (Wildman–Crippen LogP) is 5.91. The highest BCUT2D eigenvalue weighted by atomic mass is 19.4. The first-order valence-corrected chi connectivity index (χ1v) is 11.8. The number of amides is 2. The highest BCUT2D eigenvalue weighted by Gasteiger charge is 2.44. The van der Waals surface area contributed by atoms with Crippen LogP contribution in [-0.4, -0.2) is 41.0 Å². The Morgan fingerprint density at radius 1 is 1.17 bits per heavy atom. The van der Waals surface area contributed by atoms with Crippen molar-refractivity contribution in [1.29, 1.82) is 0 Å². The number of aliphatic carboxylic acids is 1. The number of aromatic nitrogens is 1. The molecule has 11 heteroatoms. The third-order valence-corrected chi connectivity index (χ3v) is 6.64. The maximum absolute atomic E-state index is 13.2. The number of carboxylic acid groups (broad SMARTS) is 1. The van der Waals surface area contributed by atoms with Gasteiger partial charge in [-0.15, -0.1) is 0 Å². The third kappa shape index (κ3) is 6.46. The Labute approximate surface area is 200 Å². The molecule has 2 fully saturated rings. The van der Waals surface area contributed by atoms with Crippen LogP contribution in [0.3, 0.4) is 0 Å². The number of aryl methyl sites for hydroxylation is 1. The van der Waals surface area contributed by atoms with Crippen LogP contribution in [0.15, 0.2) is 28.8 Å². The lowest BCUT2D eigenvalue weighted by molar-refractivity contribution is -0.138. The van der Waals surface area contributed by atoms with Crippen molar-refractivity contribution in [2.75, 3.05) is 22.1 Å². The minimum atomic E-state index is -4.31. The number of carboxylic acids is 1. The molecule has 2 aliphatic carbocycles. The molecule has 0 radical (unpaired) electrons. The average Bonchev–Trinajstić information content (AvgIpc) is 3.51. The van der Waals surface area contributed by atoms with Crippen LogP contribution in [0.25, 0.3) is 0 Å². The van der Waals surface area contributed by atoms with Crippen molar-refractivity contribution in [3.05, 3.63) is 35.6 Å². The van der Waals surface area contributed by atoms with Crippen molar-refractivity contribution in [1.82, 2.24) is 5.16 Å². The summed E-state index contributed by atoms with van der Waals surface area (Å²) in [4.78, 5) is 25.8. The Bertz CT molecular complexity index is 1070. The molecule has 0 saturated heterocycles. The quantitative estimate of drug-likeness (QED) is 0.421. The lowest BCUT2D eigenvalue weighted by Crippen LogP contribution is -2.39. The average molecular weight is 495 g/mol. The molecule has 2 amide bonds. The maximum Gasteiger partial charge on any atom is 0.390 e. The van der Waals surface area contributed by atoms with Gasteiger partial charge < -0.3 is 19.8 Å². The molecular formula is C24H29F3N4O4. The number of alkyl halides is 3. The molecule has 1 aromatic carbocycles. The number of carbonyl (C=O) groups excluding carboxylic acids is 1. The van der Waals surface area contributed by atoms with E-state index in [9.17, 15) is 27.9 Å². The van der Waals surface area contributed by atoms with E-state index in [1.165, 1.54) is 6.07 Å². The normalized spacial score (nSPS) is 20.3. The molecule has 8 nitrogen and oxygen atoms in total. The van der Waals surface area contributed by atoms with Gasteiger partial charge in [-0.05, 0) is 49.8 Å². The zero-order valence-electron chi connectivity index (χ0n) is 19.4. The summed E-state index contributed by atoms with van der Waals surface area (Å²) in [6.45, 7) is 1.45. The molecule has 0 spiro atoms. The van der Waals surface area contributed by atoms with Crippen molar-refractivity contribution in [3.8, 4) is 0 Å². The van der Waals surface area contributed by atoms with Crippen molar-refractivity contribution >= 4 is 29.2 Å². The Morgan fingerprint density at radius 2 is 1.91 bits per heavy atom. The lowest BCUT2D eigenvalue weighted by atomic mass is 9.93. The first kappa shape index (κ1) is 24.9. The highest BCUT2D eigenvalue weighted by Crippen LogP contribution is 2.49. The molecule has 190 valence electrons. The smallest absolute Gasteiger partial charge is 0.390 e. The largest absolute Gasteiger partial charge is 0.481 e. The van der Waals surface area contributed by atoms with E-state index in [2.05, 4.69) is 15.8 Å². The Balaban J connectivity index is 1.64. The number of urea groups is 1. The van der Waals surface area contributed by atoms with Gasteiger partial charge in [0.1, 0.15) is 5.76 Å². The number of nitrogens with one attached hydrogen (secondary N) is 2. The minimum Gasteiger partial charge on any atom is -0.481 e. The van der Waals surface area contributed by atoms with Gasteiger partial charge in [0.2, 0.25) is 0 Å². The number of rotatable bonds is 8. The van der Waals surface area contributed by atoms with Crippen LogP contribution in [0.1, 0.15) is 62.2 Å². The van der Waals surface area contributed by atoms with Crippen LogP contribution >= 0.6 is 0 Å². The maximum atomic E-state index is 13.2. The number of hydrogen-bond acceptors (Lipinski definition) is 5. The number of nitrogens with zero attached hydrogens (tertiary/aromatic N) is 2. The topological polar surface area (TPSA) is 108 Å². The molecule has 2 atom stereocenters. The van der Waals surface area contributed by atoms with E-state index in [0.29, 0.717) is 23.6 Å². The van der Waals surface area contributed by atoms with E-state index in [-0.39, 0.29) is 24.3 Å². The fraction of sp³-hybridized carbons (Fsp3) is 0.542. The Kier molecular flexibility index (Phi) is 7.23. The van der Waals surface area contributed by atoms with E-state index in [1.807, 2.05) is 0 Å². The first-order chi connectivity index (χ1) is 16.6. The zero-order chi connectivity index (χ0) is 25.2. The number of benzene rings is 1. The second-order valence-corrected chi connectivity index (χ2v) is 9.32. The summed E-state index contributed by atoms with van der Waals surface area (Å²) in [7, 11) is 0. The molecule has 1 unspecified atom stereocenters. The zero-order valence-corrected chi connectivity index (χ0v) is 19.4. The fourth-order valence-corrected chi connectivity index (χ4v) is 4.81. The molecule has 2 aliphatic rings. The summed E-state index contributed by atoms with van der Waals surface area (Å²) in [5.41, 5.74) is 1.56. The highest BCUT2D eigenvalue weighted by molar-refractivity contribution is 6.01. The summed E-state index contributed by atoms with van der Waals surface area (Å²) < 4.78 is 44.5. The predicted molar refractivity (Wildman–Crippen MR) is 124 cm³/mol. The number of anilines is 3. The second-order valence-electron chi connectivity index (χ2n) is 9.32. The van der Waals surface area contributed by atoms with Gasteiger partial charge in [-0.3, -0.25) is 10.1 Å². The third-order valence-electron chi connectivity index (χ3n) is 6.64. The molecular weight excluding hydrogens is 465 g/mol. The molecule has 0 bridgehead atoms. The minimum absolute atomic E-state index is 0.0774. The second kappa shape index (κ2) is 10.2. The molecule has 2 saturated carbocycles. The van der Waals surface area contributed by atoms with Gasteiger partial charge in [-0.25, -0.2) is 4.79 Å². The summed E-state index contributed by atoms with van der Waals surface area (Å²) >= 11 is 0. The van der Waals surface area contributed by atoms with Crippen molar-refractivity contribution in [2.24, 2.45) is 5.92 Å². The van der Waals surface area contributed by atoms with Crippen LogP contribution < -0.4 is 15.5 Å². The van der Waals surface area contributed by atoms with Gasteiger partial charge in [0, 0.05) is 18.7 Å². The van der Waals surface area contributed by atoms with Gasteiger partial charge in [0.25, 0.3) is 0 Å².